The minimum absolute atomic E-state index is 0.238. The average Bonchev–Trinajstić information content (AvgIpc) is 2.54. The van der Waals surface area contributed by atoms with Crippen molar-refractivity contribution in [2.75, 3.05) is 24.3 Å². The first kappa shape index (κ1) is 15.9. The van der Waals surface area contributed by atoms with Gasteiger partial charge in [-0.15, -0.1) is 0 Å². The van der Waals surface area contributed by atoms with Crippen LogP contribution in [-0.4, -0.2) is 25.2 Å². The van der Waals surface area contributed by atoms with Crippen molar-refractivity contribution in [3.8, 4) is 5.75 Å². The molecule has 5 nitrogen and oxygen atoms in total. The Kier molecular flexibility index (Phi) is 5.80. The van der Waals surface area contributed by atoms with Crippen molar-refractivity contribution in [3.05, 3.63) is 54.6 Å². The molecule has 0 radical (unpaired) electrons. The van der Waals surface area contributed by atoms with Crippen molar-refractivity contribution >= 4 is 17.3 Å². The average molecular weight is 300 g/mol. The molecule has 116 valence electrons. The van der Waals surface area contributed by atoms with Gasteiger partial charge in [0, 0.05) is 0 Å². The Balaban J connectivity index is 1.71. The molecule has 0 fully saturated rings. The van der Waals surface area contributed by atoms with Gasteiger partial charge in [0.15, 0.2) is 0 Å². The zero-order valence-corrected chi connectivity index (χ0v) is 12.5. The molecule has 2 aromatic rings. The normalized spacial score (nSPS) is 11.7. The molecular weight excluding hydrogens is 280 g/mol. The van der Waals surface area contributed by atoms with Crippen LogP contribution in [0.25, 0.3) is 0 Å². The summed E-state index contributed by atoms with van der Waals surface area (Å²) in [5, 5.41) is 2.74. The summed E-state index contributed by atoms with van der Waals surface area (Å²) in [5.41, 5.74) is 6.89. The van der Waals surface area contributed by atoms with Crippen molar-refractivity contribution in [1.82, 2.24) is 0 Å². The summed E-state index contributed by atoms with van der Waals surface area (Å²) in [6, 6.07) is 16.6. The minimum atomic E-state index is -0.584. The van der Waals surface area contributed by atoms with E-state index in [-0.39, 0.29) is 5.91 Å². The van der Waals surface area contributed by atoms with Crippen LogP contribution in [-0.2, 0) is 9.53 Å². The fraction of sp³-hybridized carbons (Fsp3) is 0.235. The van der Waals surface area contributed by atoms with Gasteiger partial charge in [-0.3, -0.25) is 4.79 Å². The van der Waals surface area contributed by atoms with Gasteiger partial charge in [-0.05, 0) is 31.2 Å². The van der Waals surface area contributed by atoms with Gasteiger partial charge in [-0.1, -0.05) is 30.3 Å². The summed E-state index contributed by atoms with van der Waals surface area (Å²) in [5.74, 6) is 0.540. The number of anilines is 2. The monoisotopic (exact) mass is 300 g/mol. The molecule has 0 aromatic heterocycles. The van der Waals surface area contributed by atoms with E-state index in [1.165, 1.54) is 0 Å². The van der Waals surface area contributed by atoms with Crippen LogP contribution in [0, 0.1) is 0 Å². The molecule has 2 rings (SSSR count). The zero-order chi connectivity index (χ0) is 15.8. The number of hydrogen-bond acceptors (Lipinski definition) is 4. The van der Waals surface area contributed by atoms with Crippen molar-refractivity contribution in [3.63, 3.8) is 0 Å². The first-order chi connectivity index (χ1) is 10.7. The summed E-state index contributed by atoms with van der Waals surface area (Å²) in [7, 11) is 0. The van der Waals surface area contributed by atoms with Crippen molar-refractivity contribution in [2.24, 2.45) is 0 Å². The van der Waals surface area contributed by atoms with Gasteiger partial charge >= 0.3 is 0 Å². The molecule has 0 spiro atoms. The molecule has 1 unspecified atom stereocenters. The quantitative estimate of drug-likeness (QED) is 0.609. The fourth-order valence-electron chi connectivity index (χ4n) is 1.82. The number of amides is 1. The van der Waals surface area contributed by atoms with Crippen molar-refractivity contribution in [2.45, 2.75) is 13.0 Å². The third-order valence-electron chi connectivity index (χ3n) is 3.05. The van der Waals surface area contributed by atoms with Crippen LogP contribution in [0.1, 0.15) is 6.92 Å². The molecular formula is C17H20N2O3. The fourth-order valence-corrected chi connectivity index (χ4v) is 1.82. The number of nitrogen functional groups attached to an aromatic ring is 1. The van der Waals surface area contributed by atoms with Crippen LogP contribution in [0.4, 0.5) is 11.4 Å². The second-order valence-corrected chi connectivity index (χ2v) is 4.75. The van der Waals surface area contributed by atoms with Gasteiger partial charge in [0.25, 0.3) is 5.91 Å². The van der Waals surface area contributed by atoms with Crippen LogP contribution in [0.15, 0.2) is 54.6 Å². The molecule has 0 aliphatic rings. The number of carbonyl (C=O) groups is 1. The minimum Gasteiger partial charge on any atom is -0.491 e. The molecule has 0 aliphatic heterocycles. The summed E-state index contributed by atoms with van der Waals surface area (Å²) >= 11 is 0. The summed E-state index contributed by atoms with van der Waals surface area (Å²) in [6.07, 6.45) is -0.584. The topological polar surface area (TPSA) is 73.6 Å². The van der Waals surface area contributed by atoms with E-state index >= 15 is 0 Å². The molecule has 5 heteroatoms. The summed E-state index contributed by atoms with van der Waals surface area (Å²) in [4.78, 5) is 12.0. The zero-order valence-electron chi connectivity index (χ0n) is 12.5. The van der Waals surface area contributed by atoms with Crippen LogP contribution >= 0.6 is 0 Å². The third kappa shape index (κ3) is 4.79. The smallest absolute Gasteiger partial charge is 0.253 e. The SMILES string of the molecule is CC(OCCOc1ccccc1)C(=O)Nc1ccccc1N. The maximum absolute atomic E-state index is 12.0. The summed E-state index contributed by atoms with van der Waals surface area (Å²) in [6.45, 7) is 2.40. The molecule has 2 aromatic carbocycles. The Hall–Kier alpha value is -2.53. The predicted octanol–water partition coefficient (Wildman–Crippen LogP) is 2.69. The maximum atomic E-state index is 12.0. The van der Waals surface area contributed by atoms with E-state index in [0.29, 0.717) is 24.6 Å². The van der Waals surface area contributed by atoms with Crippen LogP contribution in [0.5, 0.6) is 5.75 Å². The Bertz CT molecular complexity index is 602. The van der Waals surface area contributed by atoms with E-state index < -0.39 is 6.10 Å². The third-order valence-corrected chi connectivity index (χ3v) is 3.05. The van der Waals surface area contributed by atoms with E-state index in [4.69, 9.17) is 15.2 Å². The second-order valence-electron chi connectivity index (χ2n) is 4.75. The first-order valence-corrected chi connectivity index (χ1v) is 7.11. The Labute approximate surface area is 130 Å². The maximum Gasteiger partial charge on any atom is 0.253 e. The lowest BCUT2D eigenvalue weighted by Crippen LogP contribution is -2.29. The molecule has 0 saturated carbocycles. The lowest BCUT2D eigenvalue weighted by Gasteiger charge is -2.14. The number of ether oxygens (including phenoxy) is 2. The summed E-state index contributed by atoms with van der Waals surface area (Å²) < 4.78 is 11.0. The lowest BCUT2D eigenvalue weighted by atomic mass is 10.2. The largest absolute Gasteiger partial charge is 0.491 e. The van der Waals surface area contributed by atoms with E-state index in [0.717, 1.165) is 5.75 Å². The van der Waals surface area contributed by atoms with Gasteiger partial charge in [-0.2, -0.15) is 0 Å². The van der Waals surface area contributed by atoms with Gasteiger partial charge in [0.05, 0.1) is 18.0 Å². The van der Waals surface area contributed by atoms with Crippen LogP contribution in [0.2, 0.25) is 0 Å². The highest BCUT2D eigenvalue weighted by molar-refractivity contribution is 5.96. The number of benzene rings is 2. The number of nitrogens with one attached hydrogen (secondary N) is 1. The number of rotatable bonds is 7. The number of carbonyl (C=O) groups excluding carboxylic acids is 1. The van der Waals surface area contributed by atoms with Crippen molar-refractivity contribution in [1.29, 1.82) is 0 Å². The van der Waals surface area contributed by atoms with E-state index in [9.17, 15) is 4.79 Å². The van der Waals surface area contributed by atoms with Gasteiger partial charge in [-0.25, -0.2) is 0 Å². The first-order valence-electron chi connectivity index (χ1n) is 7.11. The van der Waals surface area contributed by atoms with Gasteiger partial charge < -0.3 is 20.5 Å². The predicted molar refractivity (Wildman–Crippen MR) is 86.8 cm³/mol. The van der Waals surface area contributed by atoms with E-state index in [1.807, 2.05) is 42.5 Å². The molecule has 22 heavy (non-hydrogen) atoms. The Morgan fingerprint density at radius 1 is 1.09 bits per heavy atom. The van der Waals surface area contributed by atoms with Crippen LogP contribution < -0.4 is 15.8 Å². The highest BCUT2D eigenvalue weighted by Crippen LogP contribution is 2.17. The highest BCUT2D eigenvalue weighted by Gasteiger charge is 2.14. The molecule has 0 heterocycles. The molecule has 0 aliphatic carbocycles. The number of nitrogens with two attached hydrogens (primary N) is 1. The number of hydrogen-bond donors (Lipinski definition) is 2. The van der Waals surface area contributed by atoms with E-state index in [2.05, 4.69) is 5.32 Å². The molecule has 0 bridgehead atoms. The Morgan fingerprint density at radius 2 is 1.77 bits per heavy atom. The molecule has 1 amide bonds. The van der Waals surface area contributed by atoms with Gasteiger partial charge in [0.1, 0.15) is 18.5 Å². The molecule has 0 saturated heterocycles. The Morgan fingerprint density at radius 3 is 2.50 bits per heavy atom. The molecule has 1 atom stereocenters. The van der Waals surface area contributed by atoms with Crippen molar-refractivity contribution < 1.29 is 14.3 Å². The second kappa shape index (κ2) is 8.05. The van der Waals surface area contributed by atoms with Crippen LogP contribution in [0.3, 0.4) is 0 Å². The molecule has 3 N–H and O–H groups in total. The lowest BCUT2D eigenvalue weighted by molar-refractivity contribution is -0.126. The van der Waals surface area contributed by atoms with E-state index in [1.54, 1.807) is 19.1 Å². The highest BCUT2D eigenvalue weighted by atomic mass is 16.5. The van der Waals surface area contributed by atoms with Gasteiger partial charge in [0.2, 0.25) is 0 Å². The standard InChI is InChI=1S/C17H20N2O3/c1-13(17(20)19-16-10-6-5-9-15(16)18)21-11-12-22-14-7-3-2-4-8-14/h2-10,13H,11-12,18H2,1H3,(H,19,20). The number of para-hydroxylation sites is 3.